The lowest BCUT2D eigenvalue weighted by molar-refractivity contribution is -0.119. The first-order chi connectivity index (χ1) is 10.6. The Morgan fingerprint density at radius 1 is 1.36 bits per heavy atom. The van der Waals surface area contributed by atoms with Gasteiger partial charge >= 0.3 is 0 Å². The SMILES string of the molecule is CN(C)CC1CN(C(=O)C2=CCCCO2)c2ccccc2O1. The fourth-order valence-corrected chi connectivity index (χ4v) is 2.83. The molecule has 0 N–H and O–H groups in total. The number of carbonyl (C=O) groups excluding carboxylic acids is 1. The van der Waals surface area contributed by atoms with Crippen molar-refractivity contribution < 1.29 is 14.3 Å². The zero-order valence-electron chi connectivity index (χ0n) is 13.1. The van der Waals surface area contributed by atoms with Crippen LogP contribution in [-0.2, 0) is 9.53 Å². The fraction of sp³-hybridized carbons (Fsp3) is 0.471. The third kappa shape index (κ3) is 3.09. The molecule has 5 nitrogen and oxygen atoms in total. The number of carbonyl (C=O) groups is 1. The highest BCUT2D eigenvalue weighted by atomic mass is 16.5. The van der Waals surface area contributed by atoms with Crippen molar-refractivity contribution >= 4 is 11.6 Å². The van der Waals surface area contributed by atoms with Crippen LogP contribution in [0.1, 0.15) is 12.8 Å². The summed E-state index contributed by atoms with van der Waals surface area (Å²) in [6.45, 7) is 1.91. The molecule has 3 rings (SSSR count). The van der Waals surface area contributed by atoms with E-state index in [1.807, 2.05) is 44.4 Å². The van der Waals surface area contributed by atoms with E-state index in [1.165, 1.54) is 0 Å². The number of fused-ring (bicyclic) bond motifs is 1. The number of anilines is 1. The average Bonchev–Trinajstić information content (AvgIpc) is 2.53. The number of para-hydroxylation sites is 2. The maximum absolute atomic E-state index is 12.8. The largest absolute Gasteiger partial charge is 0.488 e. The summed E-state index contributed by atoms with van der Waals surface area (Å²) in [7, 11) is 4.01. The van der Waals surface area contributed by atoms with Gasteiger partial charge < -0.3 is 14.4 Å². The van der Waals surface area contributed by atoms with Crippen LogP contribution in [0.2, 0.25) is 0 Å². The van der Waals surface area contributed by atoms with E-state index >= 15 is 0 Å². The van der Waals surface area contributed by atoms with Gasteiger partial charge in [-0.05, 0) is 45.1 Å². The number of ether oxygens (including phenoxy) is 2. The molecule has 0 saturated carbocycles. The maximum atomic E-state index is 12.8. The van der Waals surface area contributed by atoms with Gasteiger partial charge in [-0.15, -0.1) is 0 Å². The molecular formula is C17H22N2O3. The molecule has 0 saturated heterocycles. The molecule has 1 atom stereocenters. The van der Waals surface area contributed by atoms with E-state index in [4.69, 9.17) is 9.47 Å². The molecule has 0 radical (unpaired) electrons. The number of nitrogens with zero attached hydrogens (tertiary/aromatic N) is 2. The van der Waals surface area contributed by atoms with Gasteiger partial charge in [0.1, 0.15) is 11.9 Å². The van der Waals surface area contributed by atoms with E-state index in [0.717, 1.165) is 30.8 Å². The average molecular weight is 302 g/mol. The van der Waals surface area contributed by atoms with Gasteiger partial charge in [0.2, 0.25) is 0 Å². The number of likely N-dealkylation sites (N-methyl/N-ethyl adjacent to an activating group) is 1. The highest BCUT2D eigenvalue weighted by molar-refractivity contribution is 6.05. The summed E-state index contributed by atoms with van der Waals surface area (Å²) in [5, 5.41) is 0. The summed E-state index contributed by atoms with van der Waals surface area (Å²) in [5.41, 5.74) is 0.817. The summed E-state index contributed by atoms with van der Waals surface area (Å²) >= 11 is 0. The van der Waals surface area contributed by atoms with Gasteiger partial charge in [-0.3, -0.25) is 9.69 Å². The molecule has 118 valence electrons. The molecule has 22 heavy (non-hydrogen) atoms. The van der Waals surface area contributed by atoms with Crippen LogP contribution in [0.5, 0.6) is 5.75 Å². The second-order valence-corrected chi connectivity index (χ2v) is 5.94. The number of rotatable bonds is 3. The van der Waals surface area contributed by atoms with Crippen LogP contribution in [0.3, 0.4) is 0 Å². The zero-order chi connectivity index (χ0) is 15.5. The molecule has 1 aromatic rings. The van der Waals surface area contributed by atoms with Crippen molar-refractivity contribution in [3.8, 4) is 5.75 Å². The first-order valence-corrected chi connectivity index (χ1v) is 7.70. The Bertz CT molecular complexity index is 583. The minimum Gasteiger partial charge on any atom is -0.488 e. The lowest BCUT2D eigenvalue weighted by atomic mass is 10.1. The highest BCUT2D eigenvalue weighted by Gasteiger charge is 2.32. The summed E-state index contributed by atoms with van der Waals surface area (Å²) in [6, 6.07) is 7.68. The first kappa shape index (κ1) is 14.9. The Morgan fingerprint density at radius 2 is 2.18 bits per heavy atom. The molecule has 1 aromatic carbocycles. The van der Waals surface area contributed by atoms with E-state index in [1.54, 1.807) is 4.90 Å². The summed E-state index contributed by atoms with van der Waals surface area (Å²) in [6.07, 6.45) is 3.72. The third-order valence-corrected chi connectivity index (χ3v) is 3.80. The minimum absolute atomic E-state index is 0.0435. The van der Waals surface area contributed by atoms with Gasteiger partial charge in [-0.25, -0.2) is 0 Å². The smallest absolute Gasteiger partial charge is 0.293 e. The predicted octanol–water partition coefficient (Wildman–Crippen LogP) is 2.04. The predicted molar refractivity (Wildman–Crippen MR) is 85.0 cm³/mol. The van der Waals surface area contributed by atoms with Crippen LogP contribution in [-0.4, -0.2) is 50.7 Å². The van der Waals surface area contributed by atoms with Crippen LogP contribution in [0.15, 0.2) is 36.1 Å². The summed E-state index contributed by atoms with van der Waals surface area (Å²) < 4.78 is 11.6. The monoisotopic (exact) mass is 302 g/mol. The van der Waals surface area contributed by atoms with E-state index in [9.17, 15) is 4.79 Å². The molecule has 1 amide bonds. The van der Waals surface area contributed by atoms with Crippen molar-refractivity contribution in [2.45, 2.75) is 18.9 Å². The second-order valence-electron chi connectivity index (χ2n) is 5.94. The van der Waals surface area contributed by atoms with Crippen LogP contribution in [0.4, 0.5) is 5.69 Å². The van der Waals surface area contributed by atoms with Crippen molar-refractivity contribution in [1.29, 1.82) is 0 Å². The maximum Gasteiger partial charge on any atom is 0.293 e. The quantitative estimate of drug-likeness (QED) is 0.857. The van der Waals surface area contributed by atoms with Crippen molar-refractivity contribution in [3.05, 3.63) is 36.1 Å². The number of amides is 1. The number of benzene rings is 1. The molecule has 1 unspecified atom stereocenters. The van der Waals surface area contributed by atoms with E-state index in [-0.39, 0.29) is 12.0 Å². The highest BCUT2D eigenvalue weighted by Crippen LogP contribution is 2.34. The molecular weight excluding hydrogens is 280 g/mol. The van der Waals surface area contributed by atoms with Crippen molar-refractivity contribution in [2.24, 2.45) is 0 Å². The van der Waals surface area contributed by atoms with E-state index in [2.05, 4.69) is 4.90 Å². The van der Waals surface area contributed by atoms with Gasteiger partial charge in [-0.2, -0.15) is 0 Å². The lowest BCUT2D eigenvalue weighted by Gasteiger charge is -2.36. The molecule has 0 spiro atoms. The van der Waals surface area contributed by atoms with Crippen molar-refractivity contribution in [3.63, 3.8) is 0 Å². The normalized spacial score (nSPS) is 20.8. The Kier molecular flexibility index (Phi) is 4.34. The molecule has 5 heteroatoms. The Labute approximate surface area is 131 Å². The number of hydrogen-bond acceptors (Lipinski definition) is 4. The molecule has 2 aliphatic heterocycles. The van der Waals surface area contributed by atoms with Crippen LogP contribution in [0.25, 0.3) is 0 Å². The number of hydrogen-bond donors (Lipinski definition) is 0. The first-order valence-electron chi connectivity index (χ1n) is 7.70. The molecule has 2 aliphatic rings. The van der Waals surface area contributed by atoms with Crippen LogP contribution in [0, 0.1) is 0 Å². The van der Waals surface area contributed by atoms with E-state index in [0.29, 0.717) is 18.9 Å². The van der Waals surface area contributed by atoms with Crippen LogP contribution >= 0.6 is 0 Å². The van der Waals surface area contributed by atoms with Crippen LogP contribution < -0.4 is 9.64 Å². The van der Waals surface area contributed by atoms with E-state index < -0.39 is 0 Å². The van der Waals surface area contributed by atoms with Crippen molar-refractivity contribution in [1.82, 2.24) is 4.90 Å². The topological polar surface area (TPSA) is 42.0 Å². The van der Waals surface area contributed by atoms with Gasteiger partial charge in [0, 0.05) is 6.54 Å². The molecule has 2 heterocycles. The summed E-state index contributed by atoms with van der Waals surface area (Å²) in [5.74, 6) is 1.15. The standard InChI is InChI=1S/C17H22N2O3/c1-18(2)11-13-12-19(14-7-3-4-8-15(14)22-13)17(20)16-9-5-6-10-21-16/h3-4,7-9,13H,5-6,10-12H2,1-2H3. The van der Waals surface area contributed by atoms with Gasteiger partial charge in [0.05, 0.1) is 18.8 Å². The zero-order valence-corrected chi connectivity index (χ0v) is 13.1. The second kappa shape index (κ2) is 6.40. The molecule has 0 bridgehead atoms. The summed E-state index contributed by atoms with van der Waals surface area (Å²) in [4.78, 5) is 16.7. The van der Waals surface area contributed by atoms with Crippen molar-refractivity contribution in [2.75, 3.05) is 38.7 Å². The molecule has 0 fully saturated rings. The van der Waals surface area contributed by atoms with Gasteiger partial charge in [-0.1, -0.05) is 12.1 Å². The van der Waals surface area contributed by atoms with Gasteiger partial charge in [0.25, 0.3) is 5.91 Å². The minimum atomic E-state index is -0.0702. The lowest BCUT2D eigenvalue weighted by Crippen LogP contribution is -2.48. The molecule has 0 aliphatic carbocycles. The molecule has 0 aromatic heterocycles. The Morgan fingerprint density at radius 3 is 2.91 bits per heavy atom. The third-order valence-electron chi connectivity index (χ3n) is 3.80. The Hall–Kier alpha value is -2.01. The fourth-order valence-electron chi connectivity index (χ4n) is 2.83. The number of allylic oxidation sites excluding steroid dienone is 1. The Balaban J connectivity index is 1.87. The van der Waals surface area contributed by atoms with Gasteiger partial charge in [0.15, 0.2) is 5.76 Å².